The van der Waals surface area contributed by atoms with Crippen molar-refractivity contribution in [1.82, 2.24) is 9.88 Å². The molecule has 1 saturated heterocycles. The highest BCUT2D eigenvalue weighted by Gasteiger charge is 2.37. The molecular weight excluding hydrogens is 220 g/mol. The van der Waals surface area contributed by atoms with Crippen LogP contribution in [0.3, 0.4) is 0 Å². The number of fused-ring (bicyclic) bond motifs is 1. The van der Waals surface area contributed by atoms with E-state index < -0.39 is 0 Å². The third-order valence-corrected chi connectivity index (χ3v) is 4.49. The molecule has 2 atom stereocenters. The quantitative estimate of drug-likeness (QED) is 0.750. The van der Waals surface area contributed by atoms with Gasteiger partial charge in [0.15, 0.2) is 0 Å². The third-order valence-electron chi connectivity index (χ3n) is 3.91. The highest BCUT2D eigenvalue weighted by Crippen LogP contribution is 2.37. The largest absolute Gasteiger partial charge is 0.334 e. The Balaban J connectivity index is 1.80. The Kier molecular flexibility index (Phi) is 2.67. The van der Waals surface area contributed by atoms with Crippen LogP contribution < -0.4 is 0 Å². The summed E-state index contributed by atoms with van der Waals surface area (Å²) >= 11 is 1.50. The van der Waals surface area contributed by atoms with E-state index in [0.717, 1.165) is 18.9 Å². The van der Waals surface area contributed by atoms with E-state index in [0.29, 0.717) is 11.7 Å². The van der Waals surface area contributed by atoms with E-state index in [1.54, 1.807) is 5.51 Å². The van der Waals surface area contributed by atoms with Gasteiger partial charge in [0.1, 0.15) is 5.69 Å². The second kappa shape index (κ2) is 4.17. The predicted molar refractivity (Wildman–Crippen MR) is 63.5 cm³/mol. The van der Waals surface area contributed by atoms with E-state index in [1.807, 2.05) is 5.38 Å². The number of hydrogen-bond donors (Lipinski definition) is 0. The van der Waals surface area contributed by atoms with Crippen molar-refractivity contribution < 1.29 is 4.79 Å². The van der Waals surface area contributed by atoms with Crippen molar-refractivity contribution in [3.63, 3.8) is 0 Å². The van der Waals surface area contributed by atoms with Crippen LogP contribution in [0.5, 0.6) is 0 Å². The first-order valence-electron chi connectivity index (χ1n) is 6.05. The zero-order chi connectivity index (χ0) is 11.0. The van der Waals surface area contributed by atoms with Crippen LogP contribution in [0, 0.1) is 5.92 Å². The maximum Gasteiger partial charge on any atom is 0.273 e. The lowest BCUT2D eigenvalue weighted by atomic mass is 9.92. The number of amides is 1. The molecule has 0 spiro atoms. The summed E-state index contributed by atoms with van der Waals surface area (Å²) in [7, 11) is 0. The van der Waals surface area contributed by atoms with Crippen molar-refractivity contribution >= 4 is 17.2 Å². The number of carbonyl (C=O) groups is 1. The summed E-state index contributed by atoms with van der Waals surface area (Å²) in [6.45, 7) is 0.928. The Morgan fingerprint density at radius 2 is 2.25 bits per heavy atom. The zero-order valence-electron chi connectivity index (χ0n) is 9.26. The minimum Gasteiger partial charge on any atom is -0.334 e. The first kappa shape index (κ1) is 10.3. The average Bonchev–Trinajstić information content (AvgIpc) is 2.98. The molecule has 2 heterocycles. The molecule has 0 radical (unpaired) electrons. The van der Waals surface area contributed by atoms with Gasteiger partial charge in [-0.25, -0.2) is 4.98 Å². The van der Waals surface area contributed by atoms with Crippen molar-refractivity contribution in [3.05, 3.63) is 16.6 Å². The summed E-state index contributed by atoms with van der Waals surface area (Å²) in [4.78, 5) is 18.5. The molecule has 1 aliphatic carbocycles. The molecule has 2 unspecified atom stereocenters. The second-order valence-electron chi connectivity index (χ2n) is 4.77. The maximum atomic E-state index is 12.3. The van der Waals surface area contributed by atoms with Gasteiger partial charge < -0.3 is 4.90 Å². The lowest BCUT2D eigenvalue weighted by molar-refractivity contribution is 0.0543. The Morgan fingerprint density at radius 1 is 1.38 bits per heavy atom. The molecule has 1 amide bonds. The van der Waals surface area contributed by atoms with Crippen LogP contribution in [0.25, 0.3) is 0 Å². The van der Waals surface area contributed by atoms with Crippen molar-refractivity contribution in [1.29, 1.82) is 0 Å². The monoisotopic (exact) mass is 236 g/mol. The summed E-state index contributed by atoms with van der Waals surface area (Å²) < 4.78 is 0. The molecular formula is C12H16N2OS. The van der Waals surface area contributed by atoms with Crippen LogP contribution in [-0.2, 0) is 0 Å². The predicted octanol–water partition coefficient (Wildman–Crippen LogP) is 2.55. The standard InChI is InChI=1S/C12H16N2OS/c15-12(10-7-16-8-13-10)14-6-2-4-9-3-1-5-11(9)14/h7-9,11H,1-6H2. The lowest BCUT2D eigenvalue weighted by Crippen LogP contribution is -2.46. The Labute approximate surface area is 99.5 Å². The van der Waals surface area contributed by atoms with Gasteiger partial charge in [0.05, 0.1) is 5.51 Å². The number of carbonyl (C=O) groups excluding carboxylic acids is 1. The minimum absolute atomic E-state index is 0.151. The summed E-state index contributed by atoms with van der Waals surface area (Å²) in [6, 6.07) is 0.503. The molecule has 0 aromatic carbocycles. The number of piperidine rings is 1. The molecule has 86 valence electrons. The van der Waals surface area contributed by atoms with E-state index in [-0.39, 0.29) is 5.91 Å². The first-order chi connectivity index (χ1) is 7.86. The summed E-state index contributed by atoms with van der Waals surface area (Å²) in [6.07, 6.45) is 6.27. The van der Waals surface area contributed by atoms with E-state index in [4.69, 9.17) is 0 Å². The summed E-state index contributed by atoms with van der Waals surface area (Å²) in [5.74, 6) is 0.911. The highest BCUT2D eigenvalue weighted by molar-refractivity contribution is 7.07. The van der Waals surface area contributed by atoms with Gasteiger partial charge in [-0.3, -0.25) is 4.79 Å². The third kappa shape index (κ3) is 1.65. The Hall–Kier alpha value is -0.900. The first-order valence-corrected chi connectivity index (χ1v) is 6.99. The smallest absolute Gasteiger partial charge is 0.273 e. The molecule has 1 aromatic rings. The topological polar surface area (TPSA) is 33.2 Å². The molecule has 2 aliphatic rings. The van der Waals surface area contributed by atoms with Gasteiger partial charge in [0.25, 0.3) is 5.91 Å². The van der Waals surface area contributed by atoms with E-state index in [1.165, 1.54) is 37.0 Å². The van der Waals surface area contributed by atoms with Gasteiger partial charge in [0, 0.05) is 18.0 Å². The van der Waals surface area contributed by atoms with Gasteiger partial charge in [-0.05, 0) is 31.6 Å². The highest BCUT2D eigenvalue weighted by atomic mass is 32.1. The van der Waals surface area contributed by atoms with Gasteiger partial charge in [-0.1, -0.05) is 6.42 Å². The van der Waals surface area contributed by atoms with Crippen LogP contribution in [0.15, 0.2) is 10.9 Å². The Bertz CT molecular complexity index is 376. The van der Waals surface area contributed by atoms with Gasteiger partial charge in [0.2, 0.25) is 0 Å². The molecule has 0 bridgehead atoms. The van der Waals surface area contributed by atoms with Crippen LogP contribution in [-0.4, -0.2) is 28.4 Å². The fourth-order valence-electron chi connectivity index (χ4n) is 3.17. The zero-order valence-corrected chi connectivity index (χ0v) is 10.1. The molecule has 1 saturated carbocycles. The normalized spacial score (nSPS) is 29.1. The molecule has 16 heavy (non-hydrogen) atoms. The number of aromatic nitrogens is 1. The summed E-state index contributed by atoms with van der Waals surface area (Å²) in [5.41, 5.74) is 2.38. The van der Waals surface area contributed by atoms with Crippen LogP contribution in [0.1, 0.15) is 42.6 Å². The average molecular weight is 236 g/mol. The van der Waals surface area contributed by atoms with E-state index >= 15 is 0 Å². The van der Waals surface area contributed by atoms with E-state index in [2.05, 4.69) is 9.88 Å². The molecule has 2 fully saturated rings. The van der Waals surface area contributed by atoms with Crippen LogP contribution >= 0.6 is 11.3 Å². The molecule has 3 nitrogen and oxygen atoms in total. The van der Waals surface area contributed by atoms with Crippen molar-refractivity contribution in [2.24, 2.45) is 5.92 Å². The van der Waals surface area contributed by atoms with Gasteiger partial charge in [-0.15, -0.1) is 11.3 Å². The van der Waals surface area contributed by atoms with Gasteiger partial charge in [-0.2, -0.15) is 0 Å². The van der Waals surface area contributed by atoms with Crippen molar-refractivity contribution in [2.45, 2.75) is 38.1 Å². The molecule has 1 aliphatic heterocycles. The molecule has 1 aromatic heterocycles. The van der Waals surface area contributed by atoms with Crippen LogP contribution in [0.2, 0.25) is 0 Å². The van der Waals surface area contributed by atoms with Crippen molar-refractivity contribution in [3.8, 4) is 0 Å². The summed E-state index contributed by atoms with van der Waals surface area (Å²) in [5, 5.41) is 1.86. The fraction of sp³-hybridized carbons (Fsp3) is 0.667. The molecule has 4 heteroatoms. The second-order valence-corrected chi connectivity index (χ2v) is 5.49. The van der Waals surface area contributed by atoms with Crippen LogP contribution in [0.4, 0.5) is 0 Å². The number of thiazole rings is 1. The minimum atomic E-state index is 0.151. The number of likely N-dealkylation sites (tertiary alicyclic amines) is 1. The van der Waals surface area contributed by atoms with Crippen molar-refractivity contribution in [2.75, 3.05) is 6.54 Å². The molecule has 3 rings (SSSR count). The maximum absolute atomic E-state index is 12.3. The molecule has 0 N–H and O–H groups in total. The Morgan fingerprint density at radius 3 is 3.06 bits per heavy atom. The van der Waals surface area contributed by atoms with Gasteiger partial charge >= 0.3 is 0 Å². The lowest BCUT2D eigenvalue weighted by Gasteiger charge is -2.37. The number of rotatable bonds is 1. The SMILES string of the molecule is O=C(c1cscn1)N1CCCC2CCCC21. The number of nitrogens with zero attached hydrogens (tertiary/aromatic N) is 2. The number of hydrogen-bond acceptors (Lipinski definition) is 3. The van der Waals surface area contributed by atoms with E-state index in [9.17, 15) is 4.79 Å². The fourth-order valence-corrected chi connectivity index (χ4v) is 3.70.